The maximum atomic E-state index is 12.6. The quantitative estimate of drug-likeness (QED) is 0.559. The highest BCUT2D eigenvalue weighted by Gasteiger charge is 2.12. The van der Waals surface area contributed by atoms with Crippen LogP contribution in [-0.4, -0.2) is 17.6 Å². The number of ether oxygens (including phenoxy) is 1. The minimum atomic E-state index is -0.251. The Kier molecular flexibility index (Phi) is 6.39. The molecule has 146 valence electrons. The second-order valence-electron chi connectivity index (χ2n) is 6.81. The Morgan fingerprint density at radius 2 is 2.00 bits per heavy atom. The van der Waals surface area contributed by atoms with Gasteiger partial charge >= 0.3 is 0 Å². The van der Waals surface area contributed by atoms with Crippen LogP contribution < -0.4 is 10.1 Å². The number of nitrogens with one attached hydrogen (secondary N) is 1. The summed E-state index contributed by atoms with van der Waals surface area (Å²) in [7, 11) is 0. The standard InChI is InChI=1S/C22H22ClNO4/c1-14(2)13-27-17-5-3-4-15(10-17)22(26)24-16-6-8-20(23)19(11-16)21-9-7-18(12-25)28-21/h3-11,14,25H,12-13H2,1-2H3,(H,24,26). The fourth-order valence-corrected chi connectivity index (χ4v) is 2.80. The van der Waals surface area contributed by atoms with E-state index in [1.807, 2.05) is 6.07 Å². The molecule has 1 amide bonds. The number of rotatable bonds is 7. The molecular formula is C22H22ClNO4. The first-order valence-electron chi connectivity index (χ1n) is 9.00. The fraction of sp³-hybridized carbons (Fsp3) is 0.227. The van der Waals surface area contributed by atoms with E-state index in [-0.39, 0.29) is 12.5 Å². The molecule has 0 aliphatic carbocycles. The van der Waals surface area contributed by atoms with Crippen LogP contribution in [-0.2, 0) is 6.61 Å². The predicted octanol–water partition coefficient (Wildman–Crippen LogP) is 5.38. The fourth-order valence-electron chi connectivity index (χ4n) is 2.59. The van der Waals surface area contributed by atoms with E-state index in [2.05, 4.69) is 19.2 Å². The molecule has 0 saturated carbocycles. The Bertz CT molecular complexity index is 965. The van der Waals surface area contributed by atoms with Crippen molar-refractivity contribution < 1.29 is 19.1 Å². The molecule has 0 saturated heterocycles. The lowest BCUT2D eigenvalue weighted by molar-refractivity contribution is 0.102. The summed E-state index contributed by atoms with van der Waals surface area (Å²) in [4.78, 5) is 12.6. The highest BCUT2D eigenvalue weighted by Crippen LogP contribution is 2.32. The molecule has 2 aromatic carbocycles. The number of benzene rings is 2. The molecule has 0 atom stereocenters. The Labute approximate surface area is 168 Å². The summed E-state index contributed by atoms with van der Waals surface area (Å²) in [6, 6.07) is 15.6. The van der Waals surface area contributed by atoms with Crippen molar-refractivity contribution in [3.05, 3.63) is 70.9 Å². The third-order valence-corrected chi connectivity index (χ3v) is 4.32. The molecule has 3 rings (SSSR count). The molecule has 0 bridgehead atoms. The average Bonchev–Trinajstić information content (AvgIpc) is 3.17. The van der Waals surface area contributed by atoms with Gasteiger partial charge in [-0.25, -0.2) is 0 Å². The number of aliphatic hydroxyl groups excluding tert-OH is 1. The van der Waals surface area contributed by atoms with Gasteiger partial charge in [-0.15, -0.1) is 0 Å². The molecule has 2 N–H and O–H groups in total. The topological polar surface area (TPSA) is 71.7 Å². The summed E-state index contributed by atoms with van der Waals surface area (Å²) in [6.07, 6.45) is 0. The molecule has 0 aliphatic heterocycles. The lowest BCUT2D eigenvalue weighted by atomic mass is 10.1. The zero-order chi connectivity index (χ0) is 20.1. The van der Waals surface area contributed by atoms with E-state index in [0.717, 1.165) is 0 Å². The molecule has 0 fully saturated rings. The normalized spacial score (nSPS) is 10.9. The highest BCUT2D eigenvalue weighted by molar-refractivity contribution is 6.33. The van der Waals surface area contributed by atoms with Gasteiger partial charge in [-0.3, -0.25) is 4.79 Å². The van der Waals surface area contributed by atoms with E-state index in [4.69, 9.17) is 25.9 Å². The van der Waals surface area contributed by atoms with Crippen LogP contribution in [0.4, 0.5) is 5.69 Å². The third kappa shape index (κ3) is 4.94. The summed E-state index contributed by atoms with van der Waals surface area (Å²) in [5.74, 6) is 1.77. The minimum absolute atomic E-state index is 0.191. The van der Waals surface area contributed by atoms with E-state index in [1.54, 1.807) is 48.5 Å². The van der Waals surface area contributed by atoms with Crippen molar-refractivity contribution in [3.63, 3.8) is 0 Å². The predicted molar refractivity (Wildman–Crippen MR) is 110 cm³/mol. The molecule has 0 aliphatic rings. The van der Waals surface area contributed by atoms with Gasteiger partial charge < -0.3 is 19.6 Å². The van der Waals surface area contributed by atoms with Gasteiger partial charge in [0.1, 0.15) is 23.9 Å². The summed E-state index contributed by atoms with van der Waals surface area (Å²) in [5.41, 5.74) is 1.71. The van der Waals surface area contributed by atoms with Gasteiger partial charge in [0, 0.05) is 16.8 Å². The number of halogens is 1. The second-order valence-corrected chi connectivity index (χ2v) is 7.21. The summed E-state index contributed by atoms with van der Waals surface area (Å²) < 4.78 is 11.2. The van der Waals surface area contributed by atoms with Crippen molar-refractivity contribution in [1.82, 2.24) is 0 Å². The number of amides is 1. The molecule has 28 heavy (non-hydrogen) atoms. The minimum Gasteiger partial charge on any atom is -0.493 e. The molecule has 3 aromatic rings. The van der Waals surface area contributed by atoms with Gasteiger partial charge in [0.05, 0.1) is 11.6 Å². The monoisotopic (exact) mass is 399 g/mol. The second kappa shape index (κ2) is 8.95. The van der Waals surface area contributed by atoms with Gasteiger partial charge in [0.15, 0.2) is 0 Å². The molecule has 1 aromatic heterocycles. The number of hydrogen-bond donors (Lipinski definition) is 2. The summed E-state index contributed by atoms with van der Waals surface area (Å²) >= 11 is 6.27. The van der Waals surface area contributed by atoms with Crippen LogP contribution in [0.25, 0.3) is 11.3 Å². The number of furan rings is 1. The van der Waals surface area contributed by atoms with Crippen LogP contribution >= 0.6 is 11.6 Å². The summed E-state index contributed by atoms with van der Waals surface area (Å²) in [5, 5.41) is 12.5. The highest BCUT2D eigenvalue weighted by atomic mass is 35.5. The largest absolute Gasteiger partial charge is 0.493 e. The van der Waals surface area contributed by atoms with Gasteiger partial charge in [-0.2, -0.15) is 0 Å². The molecular weight excluding hydrogens is 378 g/mol. The Morgan fingerprint density at radius 3 is 2.71 bits per heavy atom. The first kappa shape index (κ1) is 20.0. The molecule has 5 nitrogen and oxygen atoms in total. The van der Waals surface area contributed by atoms with Crippen LogP contribution in [0.15, 0.2) is 59.0 Å². The van der Waals surface area contributed by atoms with Crippen LogP contribution in [0.3, 0.4) is 0 Å². The van der Waals surface area contributed by atoms with Crippen LogP contribution in [0.2, 0.25) is 5.02 Å². The van der Waals surface area contributed by atoms with Crippen molar-refractivity contribution >= 4 is 23.2 Å². The van der Waals surface area contributed by atoms with Crippen molar-refractivity contribution in [2.45, 2.75) is 20.5 Å². The third-order valence-electron chi connectivity index (χ3n) is 3.99. The molecule has 1 heterocycles. The van der Waals surface area contributed by atoms with Gasteiger partial charge in [0.2, 0.25) is 0 Å². The van der Waals surface area contributed by atoms with Gasteiger partial charge in [0.25, 0.3) is 5.91 Å². The van der Waals surface area contributed by atoms with E-state index in [9.17, 15) is 4.79 Å². The van der Waals surface area contributed by atoms with Gasteiger partial charge in [-0.05, 0) is 54.4 Å². The van der Waals surface area contributed by atoms with E-state index >= 15 is 0 Å². The van der Waals surface area contributed by atoms with Crippen molar-refractivity contribution in [3.8, 4) is 17.1 Å². The average molecular weight is 400 g/mol. The first-order valence-corrected chi connectivity index (χ1v) is 9.37. The SMILES string of the molecule is CC(C)COc1cccc(C(=O)Nc2ccc(Cl)c(-c3ccc(CO)o3)c2)c1. The Morgan fingerprint density at radius 1 is 1.18 bits per heavy atom. The number of carbonyl (C=O) groups is 1. The zero-order valence-electron chi connectivity index (χ0n) is 15.7. The Hall–Kier alpha value is -2.76. The lowest BCUT2D eigenvalue weighted by Crippen LogP contribution is -2.12. The zero-order valence-corrected chi connectivity index (χ0v) is 16.5. The van der Waals surface area contributed by atoms with Crippen LogP contribution in [0.5, 0.6) is 5.75 Å². The molecule has 0 radical (unpaired) electrons. The summed E-state index contributed by atoms with van der Waals surface area (Å²) in [6.45, 7) is 4.53. The van der Waals surface area contributed by atoms with Gasteiger partial charge in [-0.1, -0.05) is 31.5 Å². The first-order chi connectivity index (χ1) is 13.5. The van der Waals surface area contributed by atoms with E-state index in [1.165, 1.54) is 0 Å². The maximum Gasteiger partial charge on any atom is 0.255 e. The number of carbonyl (C=O) groups excluding carboxylic acids is 1. The number of aliphatic hydroxyl groups is 1. The molecule has 6 heteroatoms. The Balaban J connectivity index is 1.77. The smallest absolute Gasteiger partial charge is 0.255 e. The van der Waals surface area contributed by atoms with Crippen LogP contribution in [0.1, 0.15) is 30.0 Å². The number of hydrogen-bond acceptors (Lipinski definition) is 4. The lowest BCUT2D eigenvalue weighted by Gasteiger charge is -2.11. The maximum absolute atomic E-state index is 12.6. The van der Waals surface area contributed by atoms with Crippen molar-refractivity contribution in [2.24, 2.45) is 5.92 Å². The van der Waals surface area contributed by atoms with Crippen molar-refractivity contribution in [1.29, 1.82) is 0 Å². The number of anilines is 1. The molecule has 0 spiro atoms. The molecule has 0 unspecified atom stereocenters. The van der Waals surface area contributed by atoms with E-state index < -0.39 is 0 Å². The van der Waals surface area contributed by atoms with Crippen LogP contribution in [0, 0.1) is 5.92 Å². The van der Waals surface area contributed by atoms with Crippen molar-refractivity contribution in [2.75, 3.05) is 11.9 Å². The van der Waals surface area contributed by atoms with E-state index in [0.29, 0.717) is 51.6 Å².